The van der Waals surface area contributed by atoms with Gasteiger partial charge in [-0.2, -0.15) is 0 Å². The average Bonchev–Trinajstić information content (AvgIpc) is 2.62. The molecular weight excluding hydrogens is 288 g/mol. The Kier molecular flexibility index (Phi) is 4.99. The van der Waals surface area contributed by atoms with Crippen molar-refractivity contribution >= 4 is 11.8 Å². The van der Waals surface area contributed by atoms with Gasteiger partial charge in [-0.05, 0) is 43.7 Å². The zero-order valence-electron chi connectivity index (χ0n) is 13.9. The third-order valence-electron chi connectivity index (χ3n) is 5.25. The number of benzene rings is 1. The molecule has 0 radical (unpaired) electrons. The second kappa shape index (κ2) is 7.16. The number of carbonyl (C=O) groups is 2. The molecule has 4 nitrogen and oxygen atoms in total. The number of likely N-dealkylation sites (tertiary alicyclic amines) is 2. The van der Waals surface area contributed by atoms with Crippen molar-refractivity contribution in [2.45, 2.75) is 32.6 Å². The molecule has 4 heteroatoms. The van der Waals surface area contributed by atoms with Gasteiger partial charge in [-0.1, -0.05) is 25.1 Å². The molecule has 2 amide bonds. The Labute approximate surface area is 138 Å². The highest BCUT2D eigenvalue weighted by molar-refractivity contribution is 5.94. The van der Waals surface area contributed by atoms with Crippen molar-refractivity contribution < 1.29 is 9.59 Å². The molecule has 2 aliphatic heterocycles. The van der Waals surface area contributed by atoms with Crippen LogP contribution in [0.3, 0.4) is 0 Å². The topological polar surface area (TPSA) is 40.6 Å². The Balaban J connectivity index is 1.52. The Morgan fingerprint density at radius 3 is 2.04 bits per heavy atom. The molecule has 0 bridgehead atoms. The van der Waals surface area contributed by atoms with E-state index in [4.69, 9.17) is 0 Å². The number of hydrogen-bond acceptors (Lipinski definition) is 2. The summed E-state index contributed by atoms with van der Waals surface area (Å²) >= 11 is 0. The van der Waals surface area contributed by atoms with E-state index in [-0.39, 0.29) is 11.8 Å². The zero-order chi connectivity index (χ0) is 16.2. The number of carbonyl (C=O) groups excluding carboxylic acids is 2. The largest absolute Gasteiger partial charge is 0.342 e. The van der Waals surface area contributed by atoms with Gasteiger partial charge in [-0.25, -0.2) is 0 Å². The van der Waals surface area contributed by atoms with Crippen LogP contribution in [0.2, 0.25) is 0 Å². The molecule has 0 N–H and O–H groups in total. The molecule has 1 aromatic rings. The summed E-state index contributed by atoms with van der Waals surface area (Å²) in [5, 5.41) is 0. The van der Waals surface area contributed by atoms with E-state index >= 15 is 0 Å². The normalized spacial score (nSPS) is 20.6. The summed E-state index contributed by atoms with van der Waals surface area (Å²) in [7, 11) is 0. The Morgan fingerprint density at radius 2 is 1.43 bits per heavy atom. The van der Waals surface area contributed by atoms with E-state index in [1.807, 2.05) is 40.1 Å². The first-order valence-electron chi connectivity index (χ1n) is 8.78. The SMILES string of the molecule is CC1CCN(C(=O)C2CCN(C(=O)c3ccccc3)CC2)CC1. The molecule has 0 spiro atoms. The predicted molar refractivity (Wildman–Crippen MR) is 90.0 cm³/mol. The van der Waals surface area contributed by atoms with Crippen molar-refractivity contribution in [1.82, 2.24) is 9.80 Å². The van der Waals surface area contributed by atoms with Gasteiger partial charge in [0.05, 0.1) is 0 Å². The molecular formula is C19H26N2O2. The van der Waals surface area contributed by atoms with Crippen LogP contribution in [0, 0.1) is 11.8 Å². The van der Waals surface area contributed by atoms with Gasteiger partial charge in [0.2, 0.25) is 5.91 Å². The molecule has 124 valence electrons. The first-order chi connectivity index (χ1) is 11.1. The molecule has 2 saturated heterocycles. The third-order valence-corrected chi connectivity index (χ3v) is 5.25. The lowest BCUT2D eigenvalue weighted by Crippen LogP contribution is -2.46. The minimum Gasteiger partial charge on any atom is -0.342 e. The van der Waals surface area contributed by atoms with Gasteiger partial charge in [0, 0.05) is 37.7 Å². The van der Waals surface area contributed by atoms with Gasteiger partial charge in [-0.15, -0.1) is 0 Å². The van der Waals surface area contributed by atoms with Crippen molar-refractivity contribution in [1.29, 1.82) is 0 Å². The van der Waals surface area contributed by atoms with Gasteiger partial charge < -0.3 is 9.80 Å². The second-order valence-electron chi connectivity index (χ2n) is 6.94. The summed E-state index contributed by atoms with van der Waals surface area (Å²) < 4.78 is 0. The maximum atomic E-state index is 12.6. The second-order valence-corrected chi connectivity index (χ2v) is 6.94. The van der Waals surface area contributed by atoms with Crippen molar-refractivity contribution in [2.75, 3.05) is 26.2 Å². The van der Waals surface area contributed by atoms with Crippen LogP contribution in [0.15, 0.2) is 30.3 Å². The molecule has 3 rings (SSSR count). The van der Waals surface area contributed by atoms with Crippen LogP contribution in [-0.2, 0) is 4.79 Å². The fourth-order valence-corrected chi connectivity index (χ4v) is 3.58. The monoisotopic (exact) mass is 314 g/mol. The van der Waals surface area contributed by atoms with Crippen molar-refractivity contribution in [3.05, 3.63) is 35.9 Å². The number of nitrogens with zero attached hydrogens (tertiary/aromatic N) is 2. The van der Waals surface area contributed by atoms with Crippen molar-refractivity contribution in [2.24, 2.45) is 11.8 Å². The maximum absolute atomic E-state index is 12.6. The van der Waals surface area contributed by atoms with Crippen LogP contribution in [0.4, 0.5) is 0 Å². The summed E-state index contributed by atoms with van der Waals surface area (Å²) in [5.41, 5.74) is 0.738. The van der Waals surface area contributed by atoms with Gasteiger partial charge >= 0.3 is 0 Å². The van der Waals surface area contributed by atoms with Crippen molar-refractivity contribution in [3.8, 4) is 0 Å². The molecule has 0 aromatic heterocycles. The Hall–Kier alpha value is -1.84. The van der Waals surface area contributed by atoms with Crippen molar-refractivity contribution in [3.63, 3.8) is 0 Å². The van der Waals surface area contributed by atoms with E-state index in [1.165, 1.54) is 0 Å². The van der Waals surface area contributed by atoms with Gasteiger partial charge in [0.25, 0.3) is 5.91 Å². The van der Waals surface area contributed by atoms with Crippen LogP contribution in [0.25, 0.3) is 0 Å². The minimum atomic E-state index is 0.0864. The van der Waals surface area contributed by atoms with E-state index in [0.29, 0.717) is 19.0 Å². The average molecular weight is 314 g/mol. The first-order valence-corrected chi connectivity index (χ1v) is 8.78. The van der Waals surface area contributed by atoms with Gasteiger partial charge in [0.1, 0.15) is 0 Å². The molecule has 2 fully saturated rings. The third kappa shape index (κ3) is 3.74. The number of amides is 2. The Morgan fingerprint density at radius 1 is 0.870 bits per heavy atom. The summed E-state index contributed by atoms with van der Waals surface area (Å²) in [4.78, 5) is 29.0. The molecule has 0 saturated carbocycles. The van der Waals surface area contributed by atoms with Crippen LogP contribution in [0.5, 0.6) is 0 Å². The number of hydrogen-bond donors (Lipinski definition) is 0. The predicted octanol–water partition coefficient (Wildman–Crippen LogP) is 2.80. The highest BCUT2D eigenvalue weighted by Crippen LogP contribution is 2.24. The van der Waals surface area contributed by atoms with Crippen LogP contribution in [0.1, 0.15) is 43.0 Å². The maximum Gasteiger partial charge on any atom is 0.253 e. The summed E-state index contributed by atoms with van der Waals surface area (Å²) in [6.07, 6.45) is 3.83. The fraction of sp³-hybridized carbons (Fsp3) is 0.579. The van der Waals surface area contributed by atoms with E-state index in [0.717, 1.165) is 50.3 Å². The fourth-order valence-electron chi connectivity index (χ4n) is 3.58. The lowest BCUT2D eigenvalue weighted by molar-refractivity contribution is -0.138. The zero-order valence-corrected chi connectivity index (χ0v) is 13.9. The van der Waals surface area contributed by atoms with E-state index in [2.05, 4.69) is 6.92 Å². The smallest absolute Gasteiger partial charge is 0.253 e. The molecule has 0 aliphatic carbocycles. The summed E-state index contributed by atoms with van der Waals surface area (Å²) in [6, 6.07) is 9.41. The van der Waals surface area contributed by atoms with Gasteiger partial charge in [0.15, 0.2) is 0 Å². The van der Waals surface area contributed by atoms with E-state index in [9.17, 15) is 9.59 Å². The van der Waals surface area contributed by atoms with Crippen LogP contribution >= 0.6 is 0 Å². The molecule has 0 atom stereocenters. The summed E-state index contributed by atoms with van der Waals surface area (Å²) in [6.45, 7) is 5.45. The molecule has 2 aliphatic rings. The number of piperidine rings is 2. The van der Waals surface area contributed by atoms with Crippen LogP contribution in [-0.4, -0.2) is 47.8 Å². The lowest BCUT2D eigenvalue weighted by atomic mass is 9.92. The minimum absolute atomic E-state index is 0.0864. The molecule has 0 unspecified atom stereocenters. The van der Waals surface area contributed by atoms with E-state index < -0.39 is 0 Å². The van der Waals surface area contributed by atoms with E-state index in [1.54, 1.807) is 0 Å². The van der Waals surface area contributed by atoms with Gasteiger partial charge in [-0.3, -0.25) is 9.59 Å². The standard InChI is InChI=1S/C19H26N2O2/c1-15-7-11-20(12-8-15)19(23)17-9-13-21(14-10-17)18(22)16-5-3-2-4-6-16/h2-6,15,17H,7-14H2,1H3. The highest BCUT2D eigenvalue weighted by Gasteiger charge is 2.31. The summed E-state index contributed by atoms with van der Waals surface area (Å²) in [5.74, 6) is 1.24. The molecule has 1 aromatic carbocycles. The quantitative estimate of drug-likeness (QED) is 0.842. The number of rotatable bonds is 2. The van der Waals surface area contributed by atoms with Crippen LogP contribution < -0.4 is 0 Å². The lowest BCUT2D eigenvalue weighted by Gasteiger charge is -2.36. The molecule has 23 heavy (non-hydrogen) atoms. The highest BCUT2D eigenvalue weighted by atomic mass is 16.2. The molecule has 2 heterocycles. The first kappa shape index (κ1) is 16.0. The Bertz CT molecular complexity index is 542.